The standard InChI is InChI=1S/C17H20ClN3O/c1-17(2)13(9-11-21(17)16(22)20(3)4)6-5-7-15-12-14(18)8-10-19-15/h6,8,10,12H,9,11H2,1-4H3/b13-6+. The lowest BCUT2D eigenvalue weighted by molar-refractivity contribution is 0.149. The molecule has 0 atom stereocenters. The number of pyridine rings is 1. The summed E-state index contributed by atoms with van der Waals surface area (Å²) in [6.45, 7) is 4.81. The maximum absolute atomic E-state index is 12.2. The van der Waals surface area contributed by atoms with Gasteiger partial charge < -0.3 is 9.80 Å². The summed E-state index contributed by atoms with van der Waals surface area (Å²) >= 11 is 5.91. The fourth-order valence-electron chi connectivity index (χ4n) is 2.49. The van der Waals surface area contributed by atoms with Crippen molar-refractivity contribution < 1.29 is 4.79 Å². The second kappa shape index (κ2) is 6.41. The first-order valence-corrected chi connectivity index (χ1v) is 7.51. The number of allylic oxidation sites excluding steroid dienone is 1. The van der Waals surface area contributed by atoms with E-state index in [1.165, 1.54) is 0 Å². The monoisotopic (exact) mass is 317 g/mol. The van der Waals surface area contributed by atoms with Crippen molar-refractivity contribution in [3.63, 3.8) is 0 Å². The molecule has 2 heterocycles. The summed E-state index contributed by atoms with van der Waals surface area (Å²) in [7, 11) is 3.54. The van der Waals surface area contributed by atoms with Crippen LogP contribution >= 0.6 is 11.6 Å². The first kappa shape index (κ1) is 16.4. The smallest absolute Gasteiger partial charge is 0.320 e. The van der Waals surface area contributed by atoms with Crippen molar-refractivity contribution in [2.24, 2.45) is 0 Å². The van der Waals surface area contributed by atoms with Gasteiger partial charge in [-0.3, -0.25) is 0 Å². The molecule has 1 saturated heterocycles. The summed E-state index contributed by atoms with van der Waals surface area (Å²) in [5.41, 5.74) is 1.47. The van der Waals surface area contributed by atoms with Gasteiger partial charge in [0.05, 0.1) is 5.54 Å². The molecule has 0 saturated carbocycles. The molecule has 0 unspecified atom stereocenters. The molecule has 0 spiro atoms. The Hall–Kier alpha value is -1.99. The van der Waals surface area contributed by atoms with Gasteiger partial charge in [0.1, 0.15) is 5.69 Å². The van der Waals surface area contributed by atoms with Crippen molar-refractivity contribution in [1.82, 2.24) is 14.8 Å². The fourth-order valence-corrected chi connectivity index (χ4v) is 2.65. The minimum atomic E-state index is -0.322. The van der Waals surface area contributed by atoms with Gasteiger partial charge in [-0.25, -0.2) is 9.78 Å². The summed E-state index contributed by atoms with van der Waals surface area (Å²) in [4.78, 5) is 19.8. The van der Waals surface area contributed by atoms with Crippen LogP contribution in [0.15, 0.2) is 30.0 Å². The molecule has 0 aliphatic carbocycles. The van der Waals surface area contributed by atoms with Gasteiger partial charge in [0.15, 0.2) is 0 Å². The number of aromatic nitrogens is 1. The van der Waals surface area contributed by atoms with E-state index >= 15 is 0 Å². The maximum Gasteiger partial charge on any atom is 0.320 e. The van der Waals surface area contributed by atoms with Crippen LogP contribution in [0.5, 0.6) is 0 Å². The van der Waals surface area contributed by atoms with E-state index in [-0.39, 0.29) is 11.6 Å². The first-order valence-electron chi connectivity index (χ1n) is 7.14. The molecule has 1 aliphatic rings. The highest BCUT2D eigenvalue weighted by molar-refractivity contribution is 6.30. The molecule has 2 rings (SSSR count). The molecule has 1 aliphatic heterocycles. The fraction of sp³-hybridized carbons (Fsp3) is 0.412. The van der Waals surface area contributed by atoms with E-state index in [1.54, 1.807) is 37.3 Å². The molecule has 0 N–H and O–H groups in total. The third-order valence-electron chi connectivity index (χ3n) is 3.85. The highest BCUT2D eigenvalue weighted by Crippen LogP contribution is 2.34. The van der Waals surface area contributed by atoms with Crippen molar-refractivity contribution in [2.75, 3.05) is 20.6 Å². The van der Waals surface area contributed by atoms with Gasteiger partial charge in [0.25, 0.3) is 0 Å². The Kier molecular flexibility index (Phi) is 4.77. The van der Waals surface area contributed by atoms with E-state index in [0.29, 0.717) is 17.3 Å². The van der Waals surface area contributed by atoms with Gasteiger partial charge in [0, 0.05) is 31.9 Å². The molecule has 2 amide bonds. The molecule has 0 bridgehead atoms. The van der Waals surface area contributed by atoms with Crippen molar-refractivity contribution in [3.05, 3.63) is 40.7 Å². The van der Waals surface area contributed by atoms with E-state index in [2.05, 4.69) is 16.8 Å². The molecule has 1 aromatic rings. The minimum absolute atomic E-state index is 0.0258. The molecule has 1 fully saturated rings. The lowest BCUT2D eigenvalue weighted by Gasteiger charge is -2.34. The third kappa shape index (κ3) is 3.42. The normalized spacial score (nSPS) is 18.0. The number of urea groups is 1. The van der Waals surface area contributed by atoms with Gasteiger partial charge >= 0.3 is 6.03 Å². The zero-order valence-corrected chi connectivity index (χ0v) is 14.1. The van der Waals surface area contributed by atoms with Crippen LogP contribution in [0.1, 0.15) is 26.0 Å². The van der Waals surface area contributed by atoms with E-state index in [1.807, 2.05) is 24.8 Å². The predicted molar refractivity (Wildman–Crippen MR) is 88.7 cm³/mol. The van der Waals surface area contributed by atoms with Crippen LogP contribution in [0.2, 0.25) is 5.02 Å². The van der Waals surface area contributed by atoms with Crippen molar-refractivity contribution in [2.45, 2.75) is 25.8 Å². The summed E-state index contributed by atoms with van der Waals surface area (Å²) < 4.78 is 0. The average molecular weight is 318 g/mol. The zero-order chi connectivity index (χ0) is 16.3. The Bertz CT molecular complexity index is 668. The molecule has 4 nitrogen and oxygen atoms in total. The number of carbonyl (C=O) groups excluding carboxylic acids is 1. The Balaban J connectivity index is 2.19. The quantitative estimate of drug-likeness (QED) is 0.689. The maximum atomic E-state index is 12.2. The second-order valence-electron chi connectivity index (χ2n) is 5.94. The number of likely N-dealkylation sites (tertiary alicyclic amines) is 1. The predicted octanol–water partition coefficient (Wildman–Crippen LogP) is 3.18. The largest absolute Gasteiger partial charge is 0.331 e. The molecule has 5 heteroatoms. The summed E-state index contributed by atoms with van der Waals surface area (Å²) in [6, 6.07) is 3.47. The van der Waals surface area contributed by atoms with Crippen LogP contribution in [0.3, 0.4) is 0 Å². The van der Waals surface area contributed by atoms with Crippen molar-refractivity contribution >= 4 is 17.6 Å². The molecular formula is C17H20ClN3O. The molecule has 0 aromatic carbocycles. The lowest BCUT2D eigenvalue weighted by atomic mass is 9.95. The van der Waals surface area contributed by atoms with Crippen LogP contribution in [0, 0.1) is 11.8 Å². The number of carbonyl (C=O) groups is 1. The van der Waals surface area contributed by atoms with Gasteiger partial charge in [-0.15, -0.1) is 0 Å². The van der Waals surface area contributed by atoms with Gasteiger partial charge in [-0.1, -0.05) is 17.5 Å². The molecule has 1 aromatic heterocycles. The Morgan fingerprint density at radius 1 is 1.50 bits per heavy atom. The van der Waals surface area contributed by atoms with E-state index in [0.717, 1.165) is 12.0 Å². The van der Waals surface area contributed by atoms with E-state index in [9.17, 15) is 4.79 Å². The van der Waals surface area contributed by atoms with E-state index < -0.39 is 0 Å². The second-order valence-corrected chi connectivity index (χ2v) is 6.37. The van der Waals surface area contributed by atoms with Crippen LogP contribution in [0.4, 0.5) is 4.79 Å². The van der Waals surface area contributed by atoms with Crippen molar-refractivity contribution in [1.29, 1.82) is 0 Å². The molecular weight excluding hydrogens is 298 g/mol. The summed E-state index contributed by atoms with van der Waals surface area (Å²) in [5, 5.41) is 0.621. The topological polar surface area (TPSA) is 36.4 Å². The molecule has 116 valence electrons. The number of hydrogen-bond acceptors (Lipinski definition) is 2. The lowest BCUT2D eigenvalue weighted by Crippen LogP contribution is -2.48. The number of nitrogens with zero attached hydrogens (tertiary/aromatic N) is 3. The number of amides is 2. The highest BCUT2D eigenvalue weighted by Gasteiger charge is 2.39. The number of hydrogen-bond donors (Lipinski definition) is 0. The van der Waals surface area contributed by atoms with Crippen LogP contribution in [-0.2, 0) is 0 Å². The number of rotatable bonds is 0. The van der Waals surface area contributed by atoms with Crippen LogP contribution < -0.4 is 0 Å². The summed E-state index contributed by atoms with van der Waals surface area (Å²) in [5.74, 6) is 6.01. The summed E-state index contributed by atoms with van der Waals surface area (Å²) in [6.07, 6.45) is 4.37. The third-order valence-corrected chi connectivity index (χ3v) is 4.08. The minimum Gasteiger partial charge on any atom is -0.331 e. The van der Waals surface area contributed by atoms with Gasteiger partial charge in [-0.2, -0.15) is 0 Å². The average Bonchev–Trinajstić information content (AvgIpc) is 2.73. The molecule has 22 heavy (non-hydrogen) atoms. The number of halogens is 1. The Labute approximate surface area is 136 Å². The van der Waals surface area contributed by atoms with Gasteiger partial charge in [-0.05, 0) is 50.0 Å². The SMILES string of the molecule is CN(C)C(=O)N1CC/C(=C\C#Cc2cc(Cl)ccn2)C1(C)C. The van der Waals surface area contributed by atoms with Crippen LogP contribution in [-0.4, -0.2) is 47.0 Å². The Morgan fingerprint density at radius 2 is 2.23 bits per heavy atom. The zero-order valence-electron chi connectivity index (χ0n) is 13.4. The van der Waals surface area contributed by atoms with E-state index in [4.69, 9.17) is 11.6 Å². The first-order chi connectivity index (χ1) is 10.3. The Morgan fingerprint density at radius 3 is 2.86 bits per heavy atom. The molecule has 0 radical (unpaired) electrons. The van der Waals surface area contributed by atoms with Gasteiger partial charge in [0.2, 0.25) is 0 Å². The highest BCUT2D eigenvalue weighted by atomic mass is 35.5. The van der Waals surface area contributed by atoms with Crippen molar-refractivity contribution in [3.8, 4) is 11.8 Å². The van der Waals surface area contributed by atoms with Crippen LogP contribution in [0.25, 0.3) is 0 Å².